The Morgan fingerprint density at radius 3 is 2.46 bits per heavy atom. The van der Waals surface area contributed by atoms with Gasteiger partial charge in [0.25, 0.3) is 0 Å². The fourth-order valence-corrected chi connectivity index (χ4v) is 2.46. The molecule has 0 spiro atoms. The summed E-state index contributed by atoms with van der Waals surface area (Å²) >= 11 is 0. The van der Waals surface area contributed by atoms with Crippen molar-refractivity contribution >= 4 is 7.37 Å². The molecule has 0 aromatic carbocycles. The molecule has 0 saturated heterocycles. The minimum absolute atomic E-state index is 0.00762. The van der Waals surface area contributed by atoms with Gasteiger partial charge in [-0.05, 0) is 19.3 Å². The van der Waals surface area contributed by atoms with E-state index in [9.17, 15) is 9.67 Å². The van der Waals surface area contributed by atoms with E-state index in [4.69, 9.17) is 4.52 Å². The molecule has 0 bridgehead atoms. The zero-order valence-electron chi connectivity index (χ0n) is 8.56. The highest BCUT2D eigenvalue weighted by Gasteiger charge is 2.30. The van der Waals surface area contributed by atoms with Crippen LogP contribution in [0.5, 0.6) is 0 Å². The van der Waals surface area contributed by atoms with Crippen LogP contribution in [0.3, 0.4) is 0 Å². The Morgan fingerprint density at radius 1 is 1.46 bits per heavy atom. The van der Waals surface area contributed by atoms with Gasteiger partial charge in [0, 0.05) is 12.3 Å². The summed E-state index contributed by atoms with van der Waals surface area (Å²) in [7, 11) is -2.45. The van der Waals surface area contributed by atoms with Gasteiger partial charge in [-0.2, -0.15) is 0 Å². The molecule has 1 saturated carbocycles. The predicted molar refractivity (Wildman–Crippen MR) is 53.4 cm³/mol. The number of aliphatic hydroxyl groups excluding tert-OH is 1. The Morgan fingerprint density at radius 2 is 2.08 bits per heavy atom. The van der Waals surface area contributed by atoms with Crippen molar-refractivity contribution in [2.24, 2.45) is 0 Å². The molecule has 1 N–H and O–H groups in total. The van der Waals surface area contributed by atoms with E-state index in [1.165, 1.54) is 0 Å². The summed E-state index contributed by atoms with van der Waals surface area (Å²) in [5.74, 6) is 0. The van der Waals surface area contributed by atoms with Gasteiger partial charge in [-0.1, -0.05) is 13.8 Å². The van der Waals surface area contributed by atoms with Crippen molar-refractivity contribution in [1.29, 1.82) is 0 Å². The molecule has 3 nitrogen and oxygen atoms in total. The first kappa shape index (κ1) is 11.2. The number of rotatable bonds is 3. The monoisotopic (exact) mass is 206 g/mol. The molecule has 0 aromatic heterocycles. The zero-order valence-corrected chi connectivity index (χ0v) is 9.46. The van der Waals surface area contributed by atoms with E-state index in [1.54, 1.807) is 6.66 Å². The van der Waals surface area contributed by atoms with Crippen LogP contribution in [0.15, 0.2) is 0 Å². The van der Waals surface area contributed by atoms with Gasteiger partial charge < -0.3 is 9.63 Å². The second kappa shape index (κ2) is 4.12. The first-order chi connectivity index (χ1) is 5.92. The molecule has 1 aliphatic rings. The lowest BCUT2D eigenvalue weighted by Gasteiger charge is -2.21. The predicted octanol–water partition coefficient (Wildman–Crippen LogP) is 2.23. The van der Waals surface area contributed by atoms with Gasteiger partial charge in [-0.25, -0.2) is 0 Å². The van der Waals surface area contributed by atoms with Crippen molar-refractivity contribution in [3.8, 4) is 0 Å². The van der Waals surface area contributed by atoms with E-state index in [2.05, 4.69) is 0 Å². The third kappa shape index (κ3) is 3.08. The van der Waals surface area contributed by atoms with E-state index in [0.717, 1.165) is 12.8 Å². The summed E-state index contributed by atoms with van der Waals surface area (Å²) in [4.78, 5) is 0. The summed E-state index contributed by atoms with van der Waals surface area (Å²) in [5, 5.41) is 9.27. The lowest BCUT2D eigenvalue weighted by molar-refractivity contribution is 0.151. The van der Waals surface area contributed by atoms with Crippen LogP contribution in [0.1, 0.15) is 33.1 Å². The minimum Gasteiger partial charge on any atom is -0.393 e. The van der Waals surface area contributed by atoms with Gasteiger partial charge in [0.2, 0.25) is 7.37 Å². The molecule has 1 fully saturated rings. The van der Waals surface area contributed by atoms with E-state index < -0.39 is 7.37 Å². The standard InChI is InChI=1S/C9H19O3P/c1-7(2)13(3,11)12-9-5-4-8(10)6-9/h7-10H,4-6H2,1-3H3/t8-,9+,13?/m0/s1. The molecule has 0 heterocycles. The van der Waals surface area contributed by atoms with Crippen LogP contribution in [-0.4, -0.2) is 29.6 Å². The average Bonchev–Trinajstić information content (AvgIpc) is 2.34. The van der Waals surface area contributed by atoms with Crippen LogP contribution >= 0.6 is 7.37 Å². The van der Waals surface area contributed by atoms with Gasteiger partial charge >= 0.3 is 0 Å². The number of hydrogen-bond acceptors (Lipinski definition) is 3. The highest BCUT2D eigenvalue weighted by molar-refractivity contribution is 7.58. The Kier molecular flexibility index (Phi) is 3.56. The maximum Gasteiger partial charge on any atom is 0.202 e. The quantitative estimate of drug-likeness (QED) is 0.720. The summed E-state index contributed by atoms with van der Waals surface area (Å²) in [6.07, 6.45) is 2.02. The Bertz CT molecular complexity index is 215. The third-order valence-corrected chi connectivity index (χ3v) is 5.25. The van der Waals surface area contributed by atoms with Crippen LogP contribution in [0.4, 0.5) is 0 Å². The summed E-state index contributed by atoms with van der Waals surface area (Å²) < 4.78 is 17.4. The van der Waals surface area contributed by atoms with Crippen molar-refractivity contribution in [3.05, 3.63) is 0 Å². The van der Waals surface area contributed by atoms with Crippen molar-refractivity contribution < 1.29 is 14.2 Å². The third-order valence-electron chi connectivity index (χ3n) is 2.65. The van der Waals surface area contributed by atoms with Crippen LogP contribution in [0.2, 0.25) is 0 Å². The van der Waals surface area contributed by atoms with Gasteiger partial charge in [0.15, 0.2) is 0 Å². The van der Waals surface area contributed by atoms with Gasteiger partial charge in [-0.15, -0.1) is 0 Å². The number of aliphatic hydroxyl groups is 1. The largest absolute Gasteiger partial charge is 0.393 e. The lowest BCUT2D eigenvalue weighted by Crippen LogP contribution is -2.11. The Labute approximate surface area is 79.9 Å². The first-order valence-electron chi connectivity index (χ1n) is 4.85. The molecule has 0 aromatic rings. The zero-order chi connectivity index (χ0) is 10.1. The van der Waals surface area contributed by atoms with Crippen molar-refractivity contribution in [2.45, 2.75) is 51.0 Å². The second-order valence-corrected chi connectivity index (χ2v) is 7.26. The van der Waals surface area contributed by atoms with Gasteiger partial charge in [-0.3, -0.25) is 4.57 Å². The molecule has 3 atom stereocenters. The lowest BCUT2D eigenvalue weighted by atomic mass is 10.3. The number of hydrogen-bond donors (Lipinski definition) is 1. The smallest absolute Gasteiger partial charge is 0.202 e. The summed E-state index contributed by atoms with van der Waals surface area (Å²) in [5.41, 5.74) is 0.0743. The molecule has 78 valence electrons. The Hall–Kier alpha value is 0.150. The molecule has 1 rings (SSSR count). The van der Waals surface area contributed by atoms with Crippen LogP contribution in [-0.2, 0) is 9.09 Å². The van der Waals surface area contributed by atoms with Crippen LogP contribution in [0, 0.1) is 0 Å². The second-order valence-electron chi connectivity index (χ2n) is 4.20. The summed E-state index contributed by atoms with van der Waals surface area (Å²) in [6.45, 7) is 5.50. The molecule has 0 amide bonds. The van der Waals surface area contributed by atoms with Crippen LogP contribution < -0.4 is 0 Å². The summed E-state index contributed by atoms with van der Waals surface area (Å²) in [6, 6.07) is 0. The molecule has 13 heavy (non-hydrogen) atoms. The molecular weight excluding hydrogens is 187 g/mol. The fraction of sp³-hybridized carbons (Fsp3) is 1.00. The maximum absolute atomic E-state index is 11.9. The fourth-order valence-electron chi connectivity index (χ4n) is 1.43. The van der Waals surface area contributed by atoms with Gasteiger partial charge in [0.05, 0.1) is 12.2 Å². The maximum atomic E-state index is 11.9. The highest BCUT2D eigenvalue weighted by Crippen LogP contribution is 2.50. The molecule has 0 aliphatic heterocycles. The topological polar surface area (TPSA) is 46.5 Å². The van der Waals surface area contributed by atoms with E-state index >= 15 is 0 Å². The van der Waals surface area contributed by atoms with E-state index in [0.29, 0.717) is 6.42 Å². The van der Waals surface area contributed by atoms with Crippen molar-refractivity contribution in [2.75, 3.05) is 6.66 Å². The van der Waals surface area contributed by atoms with Crippen molar-refractivity contribution in [3.63, 3.8) is 0 Å². The normalized spacial score (nSPS) is 33.6. The Balaban J connectivity index is 2.45. The van der Waals surface area contributed by atoms with Crippen LogP contribution in [0.25, 0.3) is 0 Å². The average molecular weight is 206 g/mol. The first-order valence-corrected chi connectivity index (χ1v) is 6.99. The van der Waals surface area contributed by atoms with E-state index in [-0.39, 0.29) is 17.9 Å². The van der Waals surface area contributed by atoms with Gasteiger partial charge in [0.1, 0.15) is 0 Å². The highest BCUT2D eigenvalue weighted by atomic mass is 31.2. The van der Waals surface area contributed by atoms with Crippen molar-refractivity contribution in [1.82, 2.24) is 0 Å². The molecular formula is C9H19O3P. The minimum atomic E-state index is -2.45. The molecule has 1 unspecified atom stereocenters. The molecule has 0 radical (unpaired) electrons. The molecule has 4 heteroatoms. The van der Waals surface area contributed by atoms with E-state index in [1.807, 2.05) is 13.8 Å². The SMILES string of the molecule is CC(C)P(C)(=O)O[C@@H]1CC[C@H](O)C1. The molecule has 1 aliphatic carbocycles.